The van der Waals surface area contributed by atoms with Gasteiger partial charge in [-0.05, 0) is 41.5 Å². The van der Waals surface area contributed by atoms with Crippen LogP contribution in [-0.4, -0.2) is 64.9 Å². The zero-order valence-corrected chi connectivity index (χ0v) is 18.4. The number of fused-ring (bicyclic) bond motifs is 3. The van der Waals surface area contributed by atoms with Gasteiger partial charge in [0, 0.05) is 13.0 Å². The lowest BCUT2D eigenvalue weighted by Crippen LogP contribution is -2.52. The molecule has 0 radical (unpaired) electrons. The Morgan fingerprint density at radius 2 is 1.67 bits per heavy atom. The fourth-order valence-electron chi connectivity index (χ4n) is 4.94. The van der Waals surface area contributed by atoms with Crippen molar-refractivity contribution < 1.29 is 29.3 Å². The first-order chi connectivity index (χ1) is 15.9. The lowest BCUT2D eigenvalue weighted by Gasteiger charge is -2.30. The number of hydrogen-bond donors (Lipinski definition) is 3. The zero-order valence-electron chi connectivity index (χ0n) is 18.4. The van der Waals surface area contributed by atoms with E-state index in [4.69, 9.17) is 4.74 Å². The van der Waals surface area contributed by atoms with Crippen LogP contribution in [0.2, 0.25) is 0 Å². The van der Waals surface area contributed by atoms with E-state index in [2.05, 4.69) is 5.32 Å². The number of ether oxygens (including phenoxy) is 1. The van der Waals surface area contributed by atoms with E-state index in [0.717, 1.165) is 28.7 Å². The Bertz CT molecular complexity index is 1010. The normalized spacial score (nSPS) is 19.9. The molecule has 2 aromatic rings. The highest BCUT2D eigenvalue weighted by Crippen LogP contribution is 2.44. The molecule has 8 nitrogen and oxygen atoms in total. The predicted octanol–water partition coefficient (Wildman–Crippen LogP) is 2.74. The number of aliphatic carboxylic acids is 1. The van der Waals surface area contributed by atoms with Crippen molar-refractivity contribution in [1.29, 1.82) is 0 Å². The summed E-state index contributed by atoms with van der Waals surface area (Å²) in [5.41, 5.74) is 4.30. The summed E-state index contributed by atoms with van der Waals surface area (Å²) in [5, 5.41) is 21.8. The average Bonchev–Trinajstić information content (AvgIpc) is 3.37. The van der Waals surface area contributed by atoms with Crippen molar-refractivity contribution in [3.8, 4) is 11.1 Å². The van der Waals surface area contributed by atoms with Crippen LogP contribution >= 0.6 is 0 Å². The van der Waals surface area contributed by atoms with E-state index in [-0.39, 0.29) is 12.5 Å². The van der Waals surface area contributed by atoms with Crippen LogP contribution < -0.4 is 5.32 Å². The molecular weight excluding hydrogens is 424 g/mol. The molecule has 33 heavy (non-hydrogen) atoms. The molecule has 2 aromatic carbocycles. The smallest absolute Gasteiger partial charge is 0.407 e. The summed E-state index contributed by atoms with van der Waals surface area (Å²) in [5.74, 6) is -1.92. The number of aliphatic hydroxyl groups excluding tert-OH is 1. The number of rotatable bonds is 7. The van der Waals surface area contributed by atoms with E-state index in [1.54, 1.807) is 0 Å². The van der Waals surface area contributed by atoms with E-state index in [9.17, 15) is 24.6 Å². The van der Waals surface area contributed by atoms with Gasteiger partial charge in [-0.1, -0.05) is 48.5 Å². The van der Waals surface area contributed by atoms with Crippen molar-refractivity contribution in [2.45, 2.75) is 49.8 Å². The molecule has 3 N–H and O–H groups in total. The number of carboxylic acids is 1. The maximum atomic E-state index is 12.9. The molecule has 1 fully saturated rings. The SMILES string of the molecule is CN(C(=O)C(CC(=O)O)NC(=O)OCC1c2ccccc2-c2ccccc21)C1CCCC1O. The lowest BCUT2D eigenvalue weighted by molar-refractivity contribution is -0.143. The third kappa shape index (κ3) is 4.71. The molecule has 0 aromatic heterocycles. The second kappa shape index (κ2) is 9.62. The fraction of sp³-hybridized carbons (Fsp3) is 0.400. The van der Waals surface area contributed by atoms with Gasteiger partial charge in [-0.15, -0.1) is 0 Å². The van der Waals surface area contributed by atoms with Crippen LogP contribution in [0.15, 0.2) is 48.5 Å². The van der Waals surface area contributed by atoms with Crippen LogP contribution in [0, 0.1) is 0 Å². The number of aliphatic hydroxyl groups is 1. The van der Waals surface area contributed by atoms with Gasteiger partial charge in [0.15, 0.2) is 0 Å². The molecule has 8 heteroatoms. The van der Waals surface area contributed by atoms with Gasteiger partial charge in [0.1, 0.15) is 12.6 Å². The topological polar surface area (TPSA) is 116 Å². The first-order valence-electron chi connectivity index (χ1n) is 11.1. The van der Waals surface area contributed by atoms with E-state index in [1.165, 1.54) is 11.9 Å². The highest BCUT2D eigenvalue weighted by molar-refractivity contribution is 5.89. The van der Waals surface area contributed by atoms with E-state index < -0.39 is 42.6 Å². The third-order valence-corrected chi connectivity index (χ3v) is 6.60. The number of carboxylic acid groups (broad SMARTS) is 1. The molecule has 0 heterocycles. The van der Waals surface area contributed by atoms with Gasteiger partial charge in [0.25, 0.3) is 0 Å². The van der Waals surface area contributed by atoms with Crippen LogP contribution in [0.4, 0.5) is 4.79 Å². The number of benzene rings is 2. The Hall–Kier alpha value is -3.39. The third-order valence-electron chi connectivity index (χ3n) is 6.60. The Morgan fingerprint density at radius 1 is 1.06 bits per heavy atom. The summed E-state index contributed by atoms with van der Waals surface area (Å²) < 4.78 is 5.47. The first-order valence-corrected chi connectivity index (χ1v) is 11.1. The summed E-state index contributed by atoms with van der Waals surface area (Å²) >= 11 is 0. The summed E-state index contributed by atoms with van der Waals surface area (Å²) in [7, 11) is 1.52. The van der Waals surface area contributed by atoms with E-state index in [1.807, 2.05) is 48.5 Å². The van der Waals surface area contributed by atoms with Crippen LogP contribution in [0.5, 0.6) is 0 Å². The van der Waals surface area contributed by atoms with E-state index in [0.29, 0.717) is 12.8 Å². The molecular formula is C25H28N2O6. The van der Waals surface area contributed by atoms with Crippen molar-refractivity contribution in [2.75, 3.05) is 13.7 Å². The molecule has 0 saturated heterocycles. The molecule has 3 unspecified atom stereocenters. The Kier molecular flexibility index (Phi) is 6.65. The average molecular weight is 453 g/mol. The lowest BCUT2D eigenvalue weighted by atomic mass is 9.98. The van der Waals surface area contributed by atoms with Gasteiger partial charge < -0.3 is 25.2 Å². The van der Waals surface area contributed by atoms with E-state index >= 15 is 0 Å². The molecule has 0 bridgehead atoms. The van der Waals surface area contributed by atoms with Crippen LogP contribution in [-0.2, 0) is 14.3 Å². The minimum Gasteiger partial charge on any atom is -0.481 e. The number of hydrogen-bond acceptors (Lipinski definition) is 5. The highest BCUT2D eigenvalue weighted by atomic mass is 16.5. The number of amides is 2. The molecule has 174 valence electrons. The molecule has 0 spiro atoms. The summed E-state index contributed by atoms with van der Waals surface area (Å²) in [4.78, 5) is 38.2. The number of likely N-dealkylation sites (N-methyl/N-ethyl adjacent to an activating group) is 1. The van der Waals surface area contributed by atoms with Crippen LogP contribution in [0.3, 0.4) is 0 Å². The number of carbonyl (C=O) groups excluding carboxylic acids is 2. The van der Waals surface area contributed by atoms with Crippen LogP contribution in [0.25, 0.3) is 11.1 Å². The van der Waals surface area contributed by atoms with Crippen LogP contribution in [0.1, 0.15) is 42.7 Å². The Balaban J connectivity index is 1.43. The monoisotopic (exact) mass is 452 g/mol. The van der Waals surface area contributed by atoms with Gasteiger partial charge in [0.2, 0.25) is 5.91 Å². The van der Waals surface area contributed by atoms with Gasteiger partial charge >= 0.3 is 12.1 Å². The highest BCUT2D eigenvalue weighted by Gasteiger charge is 2.36. The standard InChI is InChI=1S/C25H28N2O6/c1-27(21-11-6-12-22(21)28)24(31)20(13-23(29)30)26-25(32)33-14-19-17-9-4-2-7-15(17)16-8-3-5-10-18(16)19/h2-5,7-10,19-22,28H,6,11-14H2,1H3,(H,26,32)(H,29,30). The van der Waals surface area contributed by atoms with Crippen molar-refractivity contribution in [2.24, 2.45) is 0 Å². The summed E-state index contributed by atoms with van der Waals surface area (Å²) in [6, 6.07) is 14.2. The van der Waals surface area contributed by atoms with Crippen molar-refractivity contribution in [3.63, 3.8) is 0 Å². The summed E-state index contributed by atoms with van der Waals surface area (Å²) in [6.07, 6.45) is -0.0706. The molecule has 1 saturated carbocycles. The summed E-state index contributed by atoms with van der Waals surface area (Å²) in [6.45, 7) is 0.0605. The largest absolute Gasteiger partial charge is 0.481 e. The zero-order chi connectivity index (χ0) is 23.5. The van der Waals surface area contributed by atoms with Crippen molar-refractivity contribution in [3.05, 3.63) is 59.7 Å². The van der Waals surface area contributed by atoms with Gasteiger partial charge in [0.05, 0.1) is 18.6 Å². The van der Waals surface area contributed by atoms with Gasteiger partial charge in [-0.25, -0.2) is 4.79 Å². The molecule has 0 aliphatic heterocycles. The molecule has 4 rings (SSSR count). The molecule has 2 amide bonds. The maximum Gasteiger partial charge on any atom is 0.407 e. The quantitative estimate of drug-likeness (QED) is 0.595. The minimum atomic E-state index is -1.28. The van der Waals surface area contributed by atoms with Gasteiger partial charge in [-0.2, -0.15) is 0 Å². The Morgan fingerprint density at radius 3 is 2.21 bits per heavy atom. The fourth-order valence-corrected chi connectivity index (χ4v) is 4.94. The number of carbonyl (C=O) groups is 3. The second-order valence-electron chi connectivity index (χ2n) is 8.64. The maximum absolute atomic E-state index is 12.9. The van der Waals surface area contributed by atoms with Gasteiger partial charge in [-0.3, -0.25) is 9.59 Å². The molecule has 3 atom stereocenters. The first kappa shape index (κ1) is 22.8. The predicted molar refractivity (Wildman–Crippen MR) is 121 cm³/mol. The molecule has 2 aliphatic rings. The Labute approximate surface area is 192 Å². The minimum absolute atomic E-state index is 0.0605. The second-order valence-corrected chi connectivity index (χ2v) is 8.64. The number of alkyl carbamates (subject to hydrolysis) is 1. The molecule has 2 aliphatic carbocycles. The van der Waals surface area contributed by atoms with Crippen molar-refractivity contribution >= 4 is 18.0 Å². The number of nitrogens with one attached hydrogen (secondary N) is 1. The van der Waals surface area contributed by atoms with Crippen molar-refractivity contribution in [1.82, 2.24) is 10.2 Å². The number of nitrogens with zero attached hydrogens (tertiary/aromatic N) is 1.